The van der Waals surface area contributed by atoms with E-state index in [0.29, 0.717) is 0 Å². The zero-order valence-electron chi connectivity index (χ0n) is 27.6. The summed E-state index contributed by atoms with van der Waals surface area (Å²) in [6.45, 7) is 2.28. The average Bonchev–Trinajstić information content (AvgIpc) is 3.09. The van der Waals surface area contributed by atoms with E-state index in [2.05, 4.69) is 104 Å². The van der Waals surface area contributed by atoms with Crippen LogP contribution in [0.5, 0.6) is 0 Å². The summed E-state index contributed by atoms with van der Waals surface area (Å²) < 4.78 is 0. The second-order valence-electron chi connectivity index (χ2n) is 13.7. The van der Waals surface area contributed by atoms with Gasteiger partial charge in [0.05, 0.1) is 0 Å². The second kappa shape index (κ2) is 14.9. The van der Waals surface area contributed by atoms with Gasteiger partial charge < -0.3 is 11.5 Å². The first-order valence-corrected chi connectivity index (χ1v) is 17.4. The van der Waals surface area contributed by atoms with Crippen molar-refractivity contribution < 1.29 is 0 Å². The standard InChI is InChI=1S/C44H50N2/c1-2-3-4-5-33-6-8-34(9-7-33)32-39-26-28-44(29-27-39,40-18-10-35(11-19-40)30-37-14-22-42(45)23-15-37)41-20-12-36(13-21-41)31-38-16-24-43(46)25-17-38/h6-25,39H,2-5,26-32,45-46H2,1H3. The summed E-state index contributed by atoms with van der Waals surface area (Å²) in [5.41, 5.74) is 24.7. The fourth-order valence-corrected chi connectivity index (χ4v) is 7.50. The summed E-state index contributed by atoms with van der Waals surface area (Å²) in [6.07, 6.45) is 13.0. The molecule has 1 aliphatic carbocycles. The zero-order chi connectivity index (χ0) is 31.8. The van der Waals surface area contributed by atoms with Crippen molar-refractivity contribution in [2.75, 3.05) is 11.5 Å². The smallest absolute Gasteiger partial charge is 0.0314 e. The number of hydrogen-bond acceptors (Lipinski definition) is 2. The quantitative estimate of drug-likeness (QED) is 0.110. The number of rotatable bonds is 12. The first kappa shape index (κ1) is 31.7. The normalized spacial score (nSPS) is 14.7. The van der Waals surface area contributed by atoms with Gasteiger partial charge in [-0.3, -0.25) is 0 Å². The van der Waals surface area contributed by atoms with Crippen molar-refractivity contribution in [2.24, 2.45) is 5.92 Å². The maximum absolute atomic E-state index is 5.92. The molecule has 5 aromatic carbocycles. The third kappa shape index (κ3) is 7.91. The van der Waals surface area contributed by atoms with E-state index in [-0.39, 0.29) is 5.41 Å². The molecule has 0 saturated heterocycles. The molecule has 4 N–H and O–H groups in total. The van der Waals surface area contributed by atoms with Gasteiger partial charge in [-0.05, 0) is 132 Å². The van der Waals surface area contributed by atoms with Gasteiger partial charge in [-0.25, -0.2) is 0 Å². The fourth-order valence-electron chi connectivity index (χ4n) is 7.50. The largest absolute Gasteiger partial charge is 0.399 e. The Hall–Kier alpha value is -4.30. The number of aryl methyl sites for hydroxylation is 1. The first-order chi connectivity index (χ1) is 22.5. The maximum Gasteiger partial charge on any atom is 0.0314 e. The van der Waals surface area contributed by atoms with Crippen molar-refractivity contribution in [3.8, 4) is 0 Å². The van der Waals surface area contributed by atoms with E-state index in [1.54, 1.807) is 0 Å². The molecule has 0 aliphatic heterocycles. The van der Waals surface area contributed by atoms with Gasteiger partial charge in [0.2, 0.25) is 0 Å². The molecule has 2 heteroatoms. The Morgan fingerprint density at radius 1 is 0.500 bits per heavy atom. The molecule has 2 nitrogen and oxygen atoms in total. The van der Waals surface area contributed by atoms with Crippen molar-refractivity contribution in [3.05, 3.63) is 166 Å². The molecular weight excluding hydrogens is 556 g/mol. The third-order valence-corrected chi connectivity index (χ3v) is 10.4. The minimum atomic E-state index is 0.0408. The van der Waals surface area contributed by atoms with Gasteiger partial charge >= 0.3 is 0 Å². The lowest BCUT2D eigenvalue weighted by Gasteiger charge is -2.42. The van der Waals surface area contributed by atoms with Crippen molar-refractivity contribution in [1.82, 2.24) is 0 Å². The highest BCUT2D eigenvalue weighted by Crippen LogP contribution is 2.47. The molecule has 0 heterocycles. The van der Waals surface area contributed by atoms with Crippen LogP contribution in [0.4, 0.5) is 11.4 Å². The third-order valence-electron chi connectivity index (χ3n) is 10.4. The Morgan fingerprint density at radius 3 is 1.33 bits per heavy atom. The summed E-state index contributed by atoms with van der Waals surface area (Å²) in [4.78, 5) is 0. The maximum atomic E-state index is 5.92. The number of hydrogen-bond donors (Lipinski definition) is 2. The molecule has 236 valence electrons. The SMILES string of the molecule is CCCCCc1ccc(CC2CCC(c3ccc(Cc4ccc(N)cc4)cc3)(c3ccc(Cc4ccc(N)cc4)cc3)CC2)cc1. The van der Waals surface area contributed by atoms with Crippen LogP contribution in [-0.2, 0) is 31.1 Å². The number of anilines is 2. The minimum absolute atomic E-state index is 0.0408. The number of nitrogens with two attached hydrogens (primary N) is 2. The van der Waals surface area contributed by atoms with Gasteiger partial charge in [0.25, 0.3) is 0 Å². The summed E-state index contributed by atoms with van der Waals surface area (Å²) in [5, 5.41) is 0. The Kier molecular flexibility index (Phi) is 10.2. The second-order valence-corrected chi connectivity index (χ2v) is 13.7. The van der Waals surface area contributed by atoms with E-state index in [1.165, 1.54) is 102 Å². The molecular formula is C44H50N2. The predicted octanol–water partition coefficient (Wildman–Crippen LogP) is 10.5. The van der Waals surface area contributed by atoms with Crippen LogP contribution in [0.2, 0.25) is 0 Å². The highest BCUT2D eigenvalue weighted by atomic mass is 14.5. The van der Waals surface area contributed by atoms with E-state index in [0.717, 1.165) is 30.1 Å². The van der Waals surface area contributed by atoms with Crippen LogP contribution in [0.25, 0.3) is 0 Å². The molecule has 46 heavy (non-hydrogen) atoms. The average molecular weight is 607 g/mol. The van der Waals surface area contributed by atoms with E-state index < -0.39 is 0 Å². The lowest BCUT2D eigenvalue weighted by atomic mass is 9.62. The Labute approximate surface area is 276 Å². The lowest BCUT2D eigenvalue weighted by Crippen LogP contribution is -2.33. The Bertz CT molecular complexity index is 1550. The molecule has 1 aliphatic rings. The molecule has 0 unspecified atom stereocenters. The Morgan fingerprint density at radius 2 is 0.891 bits per heavy atom. The molecule has 1 saturated carbocycles. The lowest BCUT2D eigenvalue weighted by molar-refractivity contribution is 0.264. The van der Waals surface area contributed by atoms with Crippen LogP contribution in [0.3, 0.4) is 0 Å². The molecule has 0 aromatic heterocycles. The zero-order valence-corrected chi connectivity index (χ0v) is 27.6. The number of unbranched alkanes of at least 4 members (excludes halogenated alkanes) is 2. The van der Waals surface area contributed by atoms with Gasteiger partial charge in [-0.1, -0.05) is 117 Å². The molecule has 5 aromatic rings. The van der Waals surface area contributed by atoms with Crippen LogP contribution in [0.1, 0.15) is 96.4 Å². The van der Waals surface area contributed by atoms with Crippen molar-refractivity contribution in [1.29, 1.82) is 0 Å². The summed E-state index contributed by atoms with van der Waals surface area (Å²) in [6, 6.07) is 45.1. The molecule has 0 radical (unpaired) electrons. The van der Waals surface area contributed by atoms with Crippen LogP contribution in [0, 0.1) is 5.92 Å². The van der Waals surface area contributed by atoms with Crippen molar-refractivity contribution in [2.45, 2.75) is 83.0 Å². The van der Waals surface area contributed by atoms with E-state index >= 15 is 0 Å². The topological polar surface area (TPSA) is 52.0 Å². The van der Waals surface area contributed by atoms with Gasteiger partial charge in [0, 0.05) is 16.8 Å². The van der Waals surface area contributed by atoms with Crippen LogP contribution >= 0.6 is 0 Å². The molecule has 0 spiro atoms. The monoisotopic (exact) mass is 606 g/mol. The predicted molar refractivity (Wildman–Crippen MR) is 196 cm³/mol. The van der Waals surface area contributed by atoms with Crippen molar-refractivity contribution in [3.63, 3.8) is 0 Å². The molecule has 6 rings (SSSR count). The van der Waals surface area contributed by atoms with Gasteiger partial charge in [-0.15, -0.1) is 0 Å². The summed E-state index contributed by atoms with van der Waals surface area (Å²) >= 11 is 0. The van der Waals surface area contributed by atoms with Crippen molar-refractivity contribution >= 4 is 11.4 Å². The van der Waals surface area contributed by atoms with Gasteiger partial charge in [0.15, 0.2) is 0 Å². The van der Waals surface area contributed by atoms with Gasteiger partial charge in [0.1, 0.15) is 0 Å². The van der Waals surface area contributed by atoms with Crippen LogP contribution in [-0.4, -0.2) is 0 Å². The van der Waals surface area contributed by atoms with Gasteiger partial charge in [-0.2, -0.15) is 0 Å². The van der Waals surface area contributed by atoms with E-state index in [4.69, 9.17) is 11.5 Å². The fraction of sp³-hybridized carbons (Fsp3) is 0.318. The van der Waals surface area contributed by atoms with Crippen LogP contribution < -0.4 is 11.5 Å². The molecule has 0 amide bonds. The summed E-state index contributed by atoms with van der Waals surface area (Å²) in [7, 11) is 0. The number of benzene rings is 5. The first-order valence-electron chi connectivity index (χ1n) is 17.4. The summed E-state index contributed by atoms with van der Waals surface area (Å²) in [5.74, 6) is 0.730. The van der Waals surface area contributed by atoms with E-state index in [1.807, 2.05) is 24.3 Å². The highest BCUT2D eigenvalue weighted by molar-refractivity contribution is 5.45. The molecule has 1 fully saturated rings. The molecule has 0 atom stereocenters. The Balaban J connectivity index is 1.19. The van der Waals surface area contributed by atoms with Crippen LogP contribution in [0.15, 0.2) is 121 Å². The minimum Gasteiger partial charge on any atom is -0.399 e. The highest BCUT2D eigenvalue weighted by Gasteiger charge is 2.38. The molecule has 0 bridgehead atoms. The number of nitrogen functional groups attached to an aromatic ring is 2. The van der Waals surface area contributed by atoms with E-state index in [9.17, 15) is 0 Å².